The lowest BCUT2D eigenvalue weighted by Crippen LogP contribution is -2.15. The van der Waals surface area contributed by atoms with E-state index >= 15 is 0 Å². The molecule has 0 bridgehead atoms. The minimum atomic E-state index is -0.974. The van der Waals surface area contributed by atoms with Crippen molar-refractivity contribution in [3.8, 4) is 0 Å². The highest BCUT2D eigenvalue weighted by Crippen LogP contribution is 2.12. The van der Waals surface area contributed by atoms with Gasteiger partial charge in [0.2, 0.25) is 0 Å². The predicted molar refractivity (Wildman–Crippen MR) is 64.3 cm³/mol. The Bertz CT molecular complexity index is 564. The number of amides is 1. The number of carbonyl (C=O) groups is 2. The molecule has 0 saturated carbocycles. The fourth-order valence-corrected chi connectivity index (χ4v) is 1.58. The summed E-state index contributed by atoms with van der Waals surface area (Å²) < 4.78 is 0. The van der Waals surface area contributed by atoms with Crippen molar-refractivity contribution in [3.63, 3.8) is 0 Å². The van der Waals surface area contributed by atoms with Gasteiger partial charge in [0.25, 0.3) is 5.91 Å². The summed E-state index contributed by atoms with van der Waals surface area (Å²) in [5.74, 6) is -1.33. The Morgan fingerprint density at radius 1 is 1.33 bits per heavy atom. The Morgan fingerprint density at radius 2 is 2.11 bits per heavy atom. The fraction of sp³-hybridized carbons (Fsp3) is 0.0833. The van der Waals surface area contributed by atoms with Crippen LogP contribution in [0.2, 0.25) is 0 Å². The highest BCUT2D eigenvalue weighted by Gasteiger charge is 2.13. The van der Waals surface area contributed by atoms with Gasteiger partial charge in [-0.25, -0.2) is 0 Å². The van der Waals surface area contributed by atoms with Gasteiger partial charge in [0, 0.05) is 11.8 Å². The van der Waals surface area contributed by atoms with E-state index in [1.807, 2.05) is 0 Å². The van der Waals surface area contributed by atoms with Crippen LogP contribution in [0.15, 0.2) is 36.7 Å². The number of carbonyl (C=O) groups excluding carboxylic acids is 1. The summed E-state index contributed by atoms with van der Waals surface area (Å²) in [4.78, 5) is 22.7. The van der Waals surface area contributed by atoms with Gasteiger partial charge in [-0.2, -0.15) is 5.10 Å². The summed E-state index contributed by atoms with van der Waals surface area (Å²) in [5, 5.41) is 17.7. The van der Waals surface area contributed by atoms with E-state index < -0.39 is 5.97 Å². The number of H-pyrrole nitrogens is 1. The Hall–Kier alpha value is -2.63. The molecule has 0 aliphatic carbocycles. The zero-order valence-electron chi connectivity index (χ0n) is 9.38. The molecular formula is C12H11N3O3. The molecule has 0 atom stereocenters. The summed E-state index contributed by atoms with van der Waals surface area (Å²) in [5.41, 5.74) is 1.36. The first kappa shape index (κ1) is 11.8. The van der Waals surface area contributed by atoms with E-state index in [1.54, 1.807) is 24.3 Å². The van der Waals surface area contributed by atoms with E-state index in [9.17, 15) is 9.59 Å². The smallest absolute Gasteiger partial charge is 0.307 e. The second-order valence-corrected chi connectivity index (χ2v) is 3.67. The standard InChI is InChI=1S/C12H11N3O3/c16-11(17)5-8-3-1-2-4-10(8)12(18)15-9-6-13-14-7-9/h1-4,6-7H,5H2,(H,13,14)(H,15,18)(H,16,17). The highest BCUT2D eigenvalue weighted by molar-refractivity contribution is 6.05. The molecule has 2 rings (SSSR count). The molecule has 2 aromatic rings. The van der Waals surface area contributed by atoms with Crippen molar-refractivity contribution < 1.29 is 14.7 Å². The molecule has 18 heavy (non-hydrogen) atoms. The number of hydrogen-bond acceptors (Lipinski definition) is 3. The maximum absolute atomic E-state index is 12.0. The normalized spacial score (nSPS) is 10.0. The van der Waals surface area contributed by atoms with E-state index in [0.717, 1.165) is 0 Å². The van der Waals surface area contributed by atoms with Gasteiger partial charge < -0.3 is 10.4 Å². The third-order valence-corrected chi connectivity index (χ3v) is 2.36. The number of nitrogens with one attached hydrogen (secondary N) is 2. The molecule has 1 heterocycles. The number of rotatable bonds is 4. The second kappa shape index (κ2) is 5.13. The molecule has 3 N–H and O–H groups in total. The first-order valence-corrected chi connectivity index (χ1v) is 5.26. The van der Waals surface area contributed by atoms with E-state index in [2.05, 4.69) is 15.5 Å². The third-order valence-electron chi connectivity index (χ3n) is 2.36. The quantitative estimate of drug-likeness (QED) is 0.756. The molecule has 1 aromatic carbocycles. The van der Waals surface area contributed by atoms with E-state index in [1.165, 1.54) is 12.4 Å². The molecule has 92 valence electrons. The van der Waals surface area contributed by atoms with Gasteiger partial charge in [-0.1, -0.05) is 18.2 Å². The van der Waals surface area contributed by atoms with Gasteiger partial charge >= 0.3 is 5.97 Å². The average molecular weight is 245 g/mol. The number of aromatic nitrogens is 2. The molecule has 0 spiro atoms. The highest BCUT2D eigenvalue weighted by atomic mass is 16.4. The second-order valence-electron chi connectivity index (χ2n) is 3.67. The van der Waals surface area contributed by atoms with Crippen LogP contribution in [0.1, 0.15) is 15.9 Å². The minimum absolute atomic E-state index is 0.186. The lowest BCUT2D eigenvalue weighted by atomic mass is 10.0. The van der Waals surface area contributed by atoms with Crippen molar-refractivity contribution >= 4 is 17.6 Å². The monoisotopic (exact) mass is 245 g/mol. The number of anilines is 1. The van der Waals surface area contributed by atoms with Crippen LogP contribution in [-0.4, -0.2) is 27.2 Å². The average Bonchev–Trinajstić information content (AvgIpc) is 2.81. The van der Waals surface area contributed by atoms with Crippen molar-refractivity contribution in [1.82, 2.24) is 10.2 Å². The summed E-state index contributed by atoms with van der Waals surface area (Å²) in [6.45, 7) is 0. The van der Waals surface area contributed by atoms with Crippen LogP contribution in [-0.2, 0) is 11.2 Å². The van der Waals surface area contributed by atoms with Crippen molar-refractivity contribution in [2.45, 2.75) is 6.42 Å². The zero-order valence-corrected chi connectivity index (χ0v) is 9.38. The minimum Gasteiger partial charge on any atom is -0.481 e. The molecule has 1 aromatic heterocycles. The fourth-order valence-electron chi connectivity index (χ4n) is 1.58. The first-order chi connectivity index (χ1) is 8.66. The molecule has 0 unspecified atom stereocenters. The zero-order chi connectivity index (χ0) is 13.0. The summed E-state index contributed by atoms with van der Waals surface area (Å²) in [6, 6.07) is 6.61. The predicted octanol–water partition coefficient (Wildman–Crippen LogP) is 1.29. The van der Waals surface area contributed by atoms with Crippen molar-refractivity contribution in [1.29, 1.82) is 0 Å². The third kappa shape index (κ3) is 2.73. The molecule has 0 fully saturated rings. The number of carboxylic acid groups (broad SMARTS) is 1. The van der Waals surface area contributed by atoms with Gasteiger partial charge in [0.1, 0.15) is 0 Å². The number of carboxylic acids is 1. The Labute approximate surface area is 103 Å². The molecule has 0 radical (unpaired) electrons. The SMILES string of the molecule is O=C(O)Cc1ccccc1C(=O)Nc1cn[nH]c1. The number of benzene rings is 1. The number of aromatic amines is 1. The molecular weight excluding hydrogens is 234 g/mol. The number of aliphatic carboxylic acids is 1. The molecule has 6 nitrogen and oxygen atoms in total. The van der Waals surface area contributed by atoms with Crippen LogP contribution in [0.3, 0.4) is 0 Å². The largest absolute Gasteiger partial charge is 0.481 e. The summed E-state index contributed by atoms with van der Waals surface area (Å²) >= 11 is 0. The van der Waals surface area contributed by atoms with E-state index in [0.29, 0.717) is 16.8 Å². The van der Waals surface area contributed by atoms with Crippen molar-refractivity contribution in [2.75, 3.05) is 5.32 Å². The van der Waals surface area contributed by atoms with E-state index in [-0.39, 0.29) is 12.3 Å². The Kier molecular flexibility index (Phi) is 3.38. The van der Waals surface area contributed by atoms with Gasteiger partial charge in [0.15, 0.2) is 0 Å². The van der Waals surface area contributed by atoms with Crippen LogP contribution in [0, 0.1) is 0 Å². The maximum Gasteiger partial charge on any atom is 0.307 e. The molecule has 1 amide bonds. The van der Waals surface area contributed by atoms with Crippen molar-refractivity contribution in [2.24, 2.45) is 0 Å². The lowest BCUT2D eigenvalue weighted by Gasteiger charge is -2.07. The molecule has 0 saturated heterocycles. The van der Waals surface area contributed by atoms with Crippen molar-refractivity contribution in [3.05, 3.63) is 47.8 Å². The summed E-state index contributed by atoms with van der Waals surface area (Å²) in [6.07, 6.45) is 2.82. The van der Waals surface area contributed by atoms with Gasteiger partial charge in [-0.15, -0.1) is 0 Å². The molecule has 6 heteroatoms. The van der Waals surface area contributed by atoms with Crippen LogP contribution in [0.5, 0.6) is 0 Å². The first-order valence-electron chi connectivity index (χ1n) is 5.26. The van der Waals surface area contributed by atoms with Crippen LogP contribution >= 0.6 is 0 Å². The molecule has 0 aliphatic rings. The number of nitrogens with zero attached hydrogens (tertiary/aromatic N) is 1. The van der Waals surface area contributed by atoms with E-state index in [4.69, 9.17) is 5.11 Å². The topological polar surface area (TPSA) is 95.1 Å². The van der Waals surface area contributed by atoms with Gasteiger partial charge in [0.05, 0.1) is 18.3 Å². The van der Waals surface area contributed by atoms with Crippen LogP contribution < -0.4 is 5.32 Å². The summed E-state index contributed by atoms with van der Waals surface area (Å²) in [7, 11) is 0. The van der Waals surface area contributed by atoms with Gasteiger partial charge in [-0.05, 0) is 11.6 Å². The Morgan fingerprint density at radius 3 is 2.78 bits per heavy atom. The maximum atomic E-state index is 12.0. The number of hydrogen-bond donors (Lipinski definition) is 3. The molecule has 0 aliphatic heterocycles. The lowest BCUT2D eigenvalue weighted by molar-refractivity contribution is -0.136. The van der Waals surface area contributed by atoms with Crippen LogP contribution in [0.25, 0.3) is 0 Å². The van der Waals surface area contributed by atoms with Gasteiger partial charge in [-0.3, -0.25) is 14.7 Å². The Balaban J connectivity index is 2.21. The van der Waals surface area contributed by atoms with Crippen LogP contribution in [0.4, 0.5) is 5.69 Å².